The molecular weight excluding hydrogens is 373 g/mol. The van der Waals surface area contributed by atoms with Crippen molar-refractivity contribution in [3.05, 3.63) is 76.1 Å². The molecule has 0 saturated heterocycles. The minimum absolute atomic E-state index is 0.0551. The normalized spacial score (nSPS) is 16.6. The van der Waals surface area contributed by atoms with Gasteiger partial charge in [0.05, 0.1) is 11.9 Å². The van der Waals surface area contributed by atoms with Gasteiger partial charge >= 0.3 is 0 Å². The molecule has 1 atom stereocenters. The molecule has 0 saturated carbocycles. The van der Waals surface area contributed by atoms with Gasteiger partial charge in [-0.05, 0) is 42.0 Å². The first-order chi connectivity index (χ1) is 11.6. The Kier molecular flexibility index (Phi) is 3.69. The van der Waals surface area contributed by atoms with Crippen LogP contribution >= 0.6 is 15.9 Å². The highest BCUT2D eigenvalue weighted by Crippen LogP contribution is 2.38. The summed E-state index contributed by atoms with van der Waals surface area (Å²) < 4.78 is 15.8. The Morgan fingerprint density at radius 2 is 2.00 bits per heavy atom. The van der Waals surface area contributed by atoms with E-state index in [0.717, 1.165) is 15.6 Å². The predicted molar refractivity (Wildman–Crippen MR) is 92.8 cm³/mol. The molecule has 0 spiro atoms. The van der Waals surface area contributed by atoms with Crippen LogP contribution in [0.5, 0.6) is 0 Å². The standard InChI is InChI=1S/C18H13BrFN3O/c19-12-3-1-2-11(8-12)15-9-17(24)22-18-16(15)10-21-23(18)14-6-4-13(20)5-7-14/h1-8,10,15H,9H2,(H,22,24)/t15-/m0/s1. The Morgan fingerprint density at radius 3 is 2.75 bits per heavy atom. The summed E-state index contributed by atoms with van der Waals surface area (Å²) in [7, 11) is 0. The molecule has 4 rings (SSSR count). The van der Waals surface area contributed by atoms with E-state index in [1.807, 2.05) is 24.3 Å². The molecule has 0 radical (unpaired) electrons. The van der Waals surface area contributed by atoms with E-state index in [1.54, 1.807) is 23.0 Å². The van der Waals surface area contributed by atoms with Crippen LogP contribution in [-0.2, 0) is 4.79 Å². The van der Waals surface area contributed by atoms with Gasteiger partial charge in [0.2, 0.25) is 5.91 Å². The number of anilines is 1. The smallest absolute Gasteiger partial charge is 0.226 e. The quantitative estimate of drug-likeness (QED) is 0.716. The van der Waals surface area contributed by atoms with Crippen molar-refractivity contribution < 1.29 is 9.18 Å². The van der Waals surface area contributed by atoms with Crippen molar-refractivity contribution in [2.75, 3.05) is 5.32 Å². The molecular formula is C18H13BrFN3O. The minimum Gasteiger partial charge on any atom is -0.310 e. The fraction of sp³-hybridized carbons (Fsp3) is 0.111. The van der Waals surface area contributed by atoms with Crippen LogP contribution in [0.4, 0.5) is 10.2 Å². The Bertz CT molecular complexity index is 920. The van der Waals surface area contributed by atoms with Gasteiger partial charge in [-0.15, -0.1) is 0 Å². The number of hydrogen-bond acceptors (Lipinski definition) is 2. The monoisotopic (exact) mass is 385 g/mol. The Hall–Kier alpha value is -2.47. The van der Waals surface area contributed by atoms with Crippen molar-refractivity contribution in [1.29, 1.82) is 0 Å². The largest absolute Gasteiger partial charge is 0.310 e. The highest BCUT2D eigenvalue weighted by atomic mass is 79.9. The van der Waals surface area contributed by atoms with E-state index < -0.39 is 0 Å². The van der Waals surface area contributed by atoms with Crippen molar-refractivity contribution in [3.8, 4) is 5.69 Å². The maximum Gasteiger partial charge on any atom is 0.226 e. The summed E-state index contributed by atoms with van der Waals surface area (Å²) in [5.74, 6) is 0.218. The maximum absolute atomic E-state index is 13.1. The predicted octanol–water partition coefficient (Wildman–Crippen LogP) is 4.25. The van der Waals surface area contributed by atoms with E-state index in [1.165, 1.54) is 12.1 Å². The SMILES string of the molecule is O=C1C[C@@H](c2cccc(Br)c2)c2cnn(-c3ccc(F)cc3)c2N1. The zero-order valence-corrected chi connectivity index (χ0v) is 14.1. The van der Waals surface area contributed by atoms with Gasteiger partial charge in [-0.3, -0.25) is 4.79 Å². The summed E-state index contributed by atoms with van der Waals surface area (Å²) in [4.78, 5) is 12.2. The van der Waals surface area contributed by atoms with Gasteiger partial charge in [-0.2, -0.15) is 5.10 Å². The van der Waals surface area contributed by atoms with Gasteiger partial charge in [-0.25, -0.2) is 9.07 Å². The van der Waals surface area contributed by atoms with Gasteiger partial charge < -0.3 is 5.32 Å². The molecule has 2 heterocycles. The van der Waals surface area contributed by atoms with Crippen LogP contribution in [0.15, 0.2) is 59.2 Å². The second-order valence-electron chi connectivity index (χ2n) is 5.70. The second-order valence-corrected chi connectivity index (χ2v) is 6.61. The summed E-state index contributed by atoms with van der Waals surface area (Å²) in [6.45, 7) is 0. The molecule has 1 aliphatic rings. The lowest BCUT2D eigenvalue weighted by atomic mass is 9.87. The van der Waals surface area contributed by atoms with Crippen molar-refractivity contribution in [1.82, 2.24) is 9.78 Å². The number of amides is 1. The van der Waals surface area contributed by atoms with Gasteiger partial charge in [-0.1, -0.05) is 28.1 Å². The number of carbonyl (C=O) groups is 1. The second kappa shape index (κ2) is 5.87. The molecule has 0 aliphatic carbocycles. The summed E-state index contributed by atoms with van der Waals surface area (Å²) >= 11 is 3.48. The molecule has 6 heteroatoms. The van der Waals surface area contributed by atoms with E-state index in [0.29, 0.717) is 17.9 Å². The zero-order valence-electron chi connectivity index (χ0n) is 12.5. The molecule has 0 fully saturated rings. The van der Waals surface area contributed by atoms with Crippen LogP contribution in [0.3, 0.4) is 0 Å². The Labute approximate surface area is 146 Å². The molecule has 0 unspecified atom stereocenters. The number of halogens is 2. The van der Waals surface area contributed by atoms with E-state index >= 15 is 0 Å². The molecule has 1 aromatic heterocycles. The number of hydrogen-bond donors (Lipinski definition) is 1. The lowest BCUT2D eigenvalue weighted by molar-refractivity contribution is -0.116. The maximum atomic E-state index is 13.1. The average Bonchev–Trinajstić information content (AvgIpc) is 2.98. The molecule has 24 heavy (non-hydrogen) atoms. The summed E-state index contributed by atoms with van der Waals surface area (Å²) in [5, 5.41) is 7.29. The van der Waals surface area contributed by atoms with E-state index in [2.05, 4.69) is 26.3 Å². The third-order valence-corrected chi connectivity index (χ3v) is 4.64. The number of rotatable bonds is 2. The molecule has 1 amide bonds. The summed E-state index contributed by atoms with van der Waals surface area (Å²) in [5.41, 5.74) is 2.71. The van der Waals surface area contributed by atoms with Crippen LogP contribution in [0.2, 0.25) is 0 Å². The highest BCUT2D eigenvalue weighted by molar-refractivity contribution is 9.10. The van der Waals surface area contributed by atoms with Crippen molar-refractivity contribution >= 4 is 27.7 Å². The molecule has 3 aromatic rings. The fourth-order valence-electron chi connectivity index (χ4n) is 3.02. The van der Waals surface area contributed by atoms with E-state index in [-0.39, 0.29) is 17.6 Å². The van der Waals surface area contributed by atoms with Crippen LogP contribution < -0.4 is 5.32 Å². The molecule has 120 valence electrons. The third-order valence-electron chi connectivity index (χ3n) is 4.14. The zero-order chi connectivity index (χ0) is 16.7. The third kappa shape index (κ3) is 2.63. The van der Waals surface area contributed by atoms with Gasteiger partial charge in [0.15, 0.2) is 0 Å². The fourth-order valence-corrected chi connectivity index (χ4v) is 3.44. The van der Waals surface area contributed by atoms with E-state index in [4.69, 9.17) is 0 Å². The number of benzene rings is 2. The number of fused-ring (bicyclic) bond motifs is 1. The van der Waals surface area contributed by atoms with Crippen molar-refractivity contribution in [2.24, 2.45) is 0 Å². The van der Waals surface area contributed by atoms with Crippen LogP contribution in [0, 0.1) is 5.82 Å². The number of nitrogens with one attached hydrogen (secondary N) is 1. The van der Waals surface area contributed by atoms with Gasteiger partial charge in [0, 0.05) is 22.4 Å². The van der Waals surface area contributed by atoms with Crippen LogP contribution in [0.1, 0.15) is 23.5 Å². The average molecular weight is 386 g/mol. The lowest BCUT2D eigenvalue weighted by Gasteiger charge is -2.24. The van der Waals surface area contributed by atoms with E-state index in [9.17, 15) is 9.18 Å². The molecule has 4 nitrogen and oxygen atoms in total. The minimum atomic E-state index is -0.309. The molecule has 0 bridgehead atoms. The van der Waals surface area contributed by atoms with Crippen LogP contribution in [-0.4, -0.2) is 15.7 Å². The molecule has 1 aliphatic heterocycles. The Balaban J connectivity index is 1.81. The molecule has 2 aromatic carbocycles. The number of nitrogens with zero attached hydrogens (tertiary/aromatic N) is 2. The summed E-state index contributed by atoms with van der Waals surface area (Å²) in [6.07, 6.45) is 2.14. The number of aromatic nitrogens is 2. The first-order valence-electron chi connectivity index (χ1n) is 7.51. The highest BCUT2D eigenvalue weighted by Gasteiger charge is 2.30. The molecule has 1 N–H and O–H groups in total. The first kappa shape index (κ1) is 15.1. The first-order valence-corrected chi connectivity index (χ1v) is 8.30. The van der Waals surface area contributed by atoms with Crippen molar-refractivity contribution in [2.45, 2.75) is 12.3 Å². The van der Waals surface area contributed by atoms with Crippen molar-refractivity contribution in [3.63, 3.8) is 0 Å². The summed E-state index contributed by atoms with van der Waals surface area (Å²) in [6, 6.07) is 14.0. The van der Waals surface area contributed by atoms with Crippen LogP contribution in [0.25, 0.3) is 5.69 Å². The lowest BCUT2D eigenvalue weighted by Crippen LogP contribution is -2.24. The number of carbonyl (C=O) groups excluding carboxylic acids is 1. The van der Waals surface area contributed by atoms with Gasteiger partial charge in [0.25, 0.3) is 0 Å². The van der Waals surface area contributed by atoms with Gasteiger partial charge in [0.1, 0.15) is 11.6 Å². The Morgan fingerprint density at radius 1 is 1.21 bits per heavy atom. The topological polar surface area (TPSA) is 46.9 Å².